The molecule has 0 aliphatic carbocycles. The van der Waals surface area contributed by atoms with Crippen LogP contribution in [0.25, 0.3) is 32.9 Å². The van der Waals surface area contributed by atoms with Gasteiger partial charge in [-0.05, 0) is 46.7 Å². The molecule has 1 saturated heterocycles. The number of likely N-dealkylation sites (tertiary alicyclic amines) is 1. The first kappa shape index (κ1) is 21.0. The van der Waals surface area contributed by atoms with Gasteiger partial charge >= 0.3 is 11.1 Å². The van der Waals surface area contributed by atoms with Gasteiger partial charge in [-0.15, -0.1) is 0 Å². The van der Waals surface area contributed by atoms with Crippen LogP contribution in [0.4, 0.5) is 0 Å². The summed E-state index contributed by atoms with van der Waals surface area (Å²) in [6, 6.07) is 14.3. The molecule has 0 bridgehead atoms. The fraction of sp³-hybridized carbons (Fsp3) is 0.160. The number of phenols is 1. The second kappa shape index (κ2) is 7.94. The van der Waals surface area contributed by atoms with E-state index in [9.17, 15) is 19.5 Å². The van der Waals surface area contributed by atoms with Gasteiger partial charge < -0.3 is 19.6 Å². The van der Waals surface area contributed by atoms with Gasteiger partial charge in [0.1, 0.15) is 5.75 Å². The molecule has 8 heteroatoms. The lowest BCUT2D eigenvalue weighted by Gasteiger charge is -2.39. The molecule has 0 unspecified atom stereocenters. The number of hydrogen-bond acceptors (Lipinski definition) is 4. The number of benzene rings is 3. The largest absolute Gasteiger partial charge is 0.508 e. The first-order valence-corrected chi connectivity index (χ1v) is 10.8. The number of aromatic nitrogens is 2. The maximum Gasteiger partial charge on any atom is 0.316 e. The Balaban J connectivity index is 1.62. The monoisotopic (exact) mass is 461 g/mol. The summed E-state index contributed by atoms with van der Waals surface area (Å²) in [5.74, 6) is -0.00704. The Morgan fingerprint density at radius 1 is 1.15 bits per heavy atom. The molecule has 33 heavy (non-hydrogen) atoms. The van der Waals surface area contributed by atoms with E-state index in [-0.39, 0.29) is 17.6 Å². The third-order valence-corrected chi connectivity index (χ3v) is 6.40. The van der Waals surface area contributed by atoms with E-state index in [4.69, 9.17) is 11.6 Å². The van der Waals surface area contributed by atoms with Gasteiger partial charge in [0.25, 0.3) is 0 Å². The quantitative estimate of drug-likeness (QED) is 0.359. The summed E-state index contributed by atoms with van der Waals surface area (Å²) in [6.07, 6.45) is 1.26. The second-order valence-electron chi connectivity index (χ2n) is 8.25. The minimum Gasteiger partial charge on any atom is -0.508 e. The molecule has 7 nitrogen and oxygen atoms in total. The predicted molar refractivity (Wildman–Crippen MR) is 129 cm³/mol. The summed E-state index contributed by atoms with van der Waals surface area (Å²) < 4.78 is 1.42. The van der Waals surface area contributed by atoms with E-state index in [2.05, 4.69) is 11.6 Å². The molecule has 2 N–H and O–H groups in total. The van der Waals surface area contributed by atoms with Crippen LogP contribution in [-0.4, -0.2) is 38.6 Å². The first-order valence-electron chi connectivity index (χ1n) is 10.5. The lowest BCUT2D eigenvalue weighted by molar-refractivity contribution is -0.132. The Labute approximate surface area is 193 Å². The van der Waals surface area contributed by atoms with Gasteiger partial charge in [0, 0.05) is 31.1 Å². The Kier molecular flexibility index (Phi) is 5.06. The highest BCUT2D eigenvalue weighted by Crippen LogP contribution is 2.38. The number of H-pyrrole nitrogens is 1. The number of aromatic amines is 1. The molecule has 1 fully saturated rings. The molecular weight excluding hydrogens is 442 g/mol. The number of amides is 1. The first-order chi connectivity index (χ1) is 15.9. The summed E-state index contributed by atoms with van der Waals surface area (Å²) >= 11 is 6.67. The third kappa shape index (κ3) is 3.60. The van der Waals surface area contributed by atoms with Crippen LogP contribution in [0.5, 0.6) is 5.75 Å². The van der Waals surface area contributed by atoms with Crippen LogP contribution < -0.4 is 11.1 Å². The molecular formula is C25H20ClN3O4. The molecule has 1 aliphatic rings. The van der Waals surface area contributed by atoms with Crippen molar-refractivity contribution in [3.05, 3.63) is 86.9 Å². The number of nitrogens with zero attached hydrogens (tertiary/aromatic N) is 2. The van der Waals surface area contributed by atoms with Crippen LogP contribution in [0.3, 0.4) is 0 Å². The SMILES string of the molecule is C=CC(=O)N1CC(Cn2c(=O)c(=O)[nH]c3cc(-c4cc(O)cc5ccccc45)c(Cl)cc32)C1. The topological polar surface area (TPSA) is 95.4 Å². The molecule has 1 aromatic heterocycles. The molecule has 0 saturated carbocycles. The van der Waals surface area contributed by atoms with Crippen LogP contribution in [0.2, 0.25) is 5.02 Å². The smallest absolute Gasteiger partial charge is 0.316 e. The highest BCUT2D eigenvalue weighted by molar-refractivity contribution is 6.34. The summed E-state index contributed by atoms with van der Waals surface area (Å²) in [4.78, 5) is 41.1. The fourth-order valence-electron chi connectivity index (χ4n) is 4.45. The fourth-order valence-corrected chi connectivity index (χ4v) is 4.71. The van der Waals surface area contributed by atoms with Gasteiger partial charge in [-0.25, -0.2) is 0 Å². The van der Waals surface area contributed by atoms with E-state index in [0.717, 1.165) is 10.8 Å². The number of halogens is 1. The van der Waals surface area contributed by atoms with E-state index in [1.165, 1.54) is 10.6 Å². The Morgan fingerprint density at radius 3 is 2.67 bits per heavy atom. The van der Waals surface area contributed by atoms with E-state index in [0.29, 0.717) is 46.8 Å². The zero-order valence-corrected chi connectivity index (χ0v) is 18.3. The molecule has 166 valence electrons. The van der Waals surface area contributed by atoms with E-state index in [1.807, 2.05) is 24.3 Å². The number of nitrogens with one attached hydrogen (secondary N) is 1. The molecule has 2 heterocycles. The maximum absolute atomic E-state index is 12.7. The number of phenolic OH excluding ortho intramolecular Hbond substituents is 1. The molecule has 5 rings (SSSR count). The Bertz CT molecular complexity index is 1560. The van der Waals surface area contributed by atoms with E-state index >= 15 is 0 Å². The number of carbonyl (C=O) groups excluding carboxylic acids is 1. The highest BCUT2D eigenvalue weighted by Gasteiger charge is 2.30. The van der Waals surface area contributed by atoms with Crippen LogP contribution in [0.15, 0.2) is 70.8 Å². The predicted octanol–water partition coefficient (Wildman–Crippen LogP) is 3.51. The van der Waals surface area contributed by atoms with Crippen molar-refractivity contribution in [2.75, 3.05) is 13.1 Å². The van der Waals surface area contributed by atoms with E-state index in [1.54, 1.807) is 29.2 Å². The summed E-state index contributed by atoms with van der Waals surface area (Å²) in [6.45, 7) is 4.77. The van der Waals surface area contributed by atoms with Crippen molar-refractivity contribution in [3.63, 3.8) is 0 Å². The molecule has 0 atom stereocenters. The zero-order valence-electron chi connectivity index (χ0n) is 17.5. The van der Waals surface area contributed by atoms with E-state index < -0.39 is 11.1 Å². The molecule has 1 aliphatic heterocycles. The van der Waals surface area contributed by atoms with Crippen LogP contribution in [-0.2, 0) is 11.3 Å². The van der Waals surface area contributed by atoms with Crippen molar-refractivity contribution < 1.29 is 9.90 Å². The lowest BCUT2D eigenvalue weighted by Crippen LogP contribution is -2.52. The van der Waals surface area contributed by atoms with Gasteiger partial charge in [0.2, 0.25) is 5.91 Å². The number of hydrogen-bond donors (Lipinski definition) is 2. The second-order valence-corrected chi connectivity index (χ2v) is 8.65. The van der Waals surface area contributed by atoms with Gasteiger partial charge in [-0.1, -0.05) is 42.4 Å². The van der Waals surface area contributed by atoms with Crippen molar-refractivity contribution in [2.45, 2.75) is 6.54 Å². The molecule has 1 amide bonds. The molecule has 0 spiro atoms. The molecule has 4 aromatic rings. The van der Waals surface area contributed by atoms with Gasteiger partial charge in [-0.2, -0.15) is 0 Å². The average molecular weight is 462 g/mol. The maximum atomic E-state index is 12.7. The number of rotatable bonds is 4. The number of carbonyl (C=O) groups is 1. The standard InChI is InChI=1S/C25H20ClN3O4/c1-2-23(31)28-11-14(12-28)13-29-22-10-20(26)19(9-21(22)27-24(32)25(29)33)18-8-16(30)7-15-5-3-4-6-17(15)18/h2-10,14,30H,1,11-13H2,(H,27,32). The number of fused-ring (bicyclic) bond motifs is 2. The van der Waals surface area contributed by atoms with Crippen LogP contribution >= 0.6 is 11.6 Å². The van der Waals surface area contributed by atoms with Gasteiger partial charge in [-0.3, -0.25) is 14.4 Å². The van der Waals surface area contributed by atoms with Crippen LogP contribution in [0.1, 0.15) is 0 Å². The molecule has 0 radical (unpaired) electrons. The zero-order chi connectivity index (χ0) is 23.3. The normalized spacial score (nSPS) is 13.9. The highest BCUT2D eigenvalue weighted by atomic mass is 35.5. The van der Waals surface area contributed by atoms with Crippen molar-refractivity contribution in [1.29, 1.82) is 0 Å². The number of aromatic hydroxyl groups is 1. The van der Waals surface area contributed by atoms with Crippen LogP contribution in [0, 0.1) is 5.92 Å². The minimum atomic E-state index is -0.727. The Hall–Kier alpha value is -3.84. The summed E-state index contributed by atoms with van der Waals surface area (Å²) in [5.41, 5.74) is 0.922. The van der Waals surface area contributed by atoms with Gasteiger partial charge in [0.05, 0.1) is 16.1 Å². The van der Waals surface area contributed by atoms with Crippen molar-refractivity contribution in [3.8, 4) is 16.9 Å². The van der Waals surface area contributed by atoms with Crippen molar-refractivity contribution in [2.24, 2.45) is 5.92 Å². The lowest BCUT2D eigenvalue weighted by atomic mass is 9.97. The molecule has 3 aromatic carbocycles. The minimum absolute atomic E-state index is 0.0464. The third-order valence-electron chi connectivity index (χ3n) is 6.08. The summed E-state index contributed by atoms with van der Waals surface area (Å²) in [7, 11) is 0. The van der Waals surface area contributed by atoms with Crippen molar-refractivity contribution in [1.82, 2.24) is 14.5 Å². The average Bonchev–Trinajstić information content (AvgIpc) is 2.77. The van der Waals surface area contributed by atoms with Crippen molar-refractivity contribution >= 4 is 39.3 Å². The van der Waals surface area contributed by atoms with Gasteiger partial charge in [0.15, 0.2) is 0 Å². The summed E-state index contributed by atoms with van der Waals surface area (Å²) in [5, 5.41) is 12.4. The Morgan fingerprint density at radius 2 is 1.91 bits per heavy atom.